The Hall–Kier alpha value is -1.19. The van der Waals surface area contributed by atoms with Crippen LogP contribution in [0.4, 0.5) is 4.39 Å². The first-order chi connectivity index (χ1) is 9.08. The Morgan fingerprint density at radius 2 is 2.00 bits per heavy atom. The SMILES string of the molecule is NC1(Cc2ccccc2Br)CCc2cc(F)ccc21. The molecule has 3 rings (SSSR count). The normalized spacial score (nSPS) is 21.4. The van der Waals surface area contributed by atoms with Crippen molar-refractivity contribution in [3.8, 4) is 0 Å². The van der Waals surface area contributed by atoms with E-state index in [0.717, 1.165) is 34.9 Å². The quantitative estimate of drug-likeness (QED) is 0.891. The maximum absolute atomic E-state index is 13.3. The molecule has 3 heteroatoms. The van der Waals surface area contributed by atoms with Crippen molar-refractivity contribution in [1.82, 2.24) is 0 Å². The molecule has 2 N–H and O–H groups in total. The summed E-state index contributed by atoms with van der Waals surface area (Å²) in [7, 11) is 0. The van der Waals surface area contributed by atoms with Gasteiger partial charge in [-0.15, -0.1) is 0 Å². The molecule has 0 saturated carbocycles. The van der Waals surface area contributed by atoms with Crippen molar-refractivity contribution in [2.24, 2.45) is 5.73 Å². The molecule has 0 fully saturated rings. The fourth-order valence-electron chi connectivity index (χ4n) is 2.91. The van der Waals surface area contributed by atoms with Crippen molar-refractivity contribution in [2.75, 3.05) is 0 Å². The second-order valence-electron chi connectivity index (χ2n) is 5.23. The molecule has 1 atom stereocenters. The zero-order valence-electron chi connectivity index (χ0n) is 10.5. The third kappa shape index (κ3) is 2.33. The van der Waals surface area contributed by atoms with E-state index >= 15 is 0 Å². The van der Waals surface area contributed by atoms with Gasteiger partial charge < -0.3 is 5.73 Å². The fourth-order valence-corrected chi connectivity index (χ4v) is 3.34. The predicted molar refractivity (Wildman–Crippen MR) is 78.4 cm³/mol. The molecule has 0 spiro atoms. The molecule has 0 heterocycles. The molecule has 1 aliphatic carbocycles. The van der Waals surface area contributed by atoms with Crippen molar-refractivity contribution in [3.63, 3.8) is 0 Å². The summed E-state index contributed by atoms with van der Waals surface area (Å²) in [5.41, 5.74) is 9.53. The van der Waals surface area contributed by atoms with Crippen LogP contribution in [0.1, 0.15) is 23.1 Å². The van der Waals surface area contributed by atoms with Gasteiger partial charge in [-0.1, -0.05) is 40.2 Å². The van der Waals surface area contributed by atoms with Gasteiger partial charge in [0.25, 0.3) is 0 Å². The Balaban J connectivity index is 1.97. The van der Waals surface area contributed by atoms with Gasteiger partial charge in [0.2, 0.25) is 0 Å². The van der Waals surface area contributed by atoms with E-state index < -0.39 is 0 Å². The van der Waals surface area contributed by atoms with E-state index in [4.69, 9.17) is 5.73 Å². The highest BCUT2D eigenvalue weighted by molar-refractivity contribution is 9.10. The van der Waals surface area contributed by atoms with Gasteiger partial charge in [0.05, 0.1) is 0 Å². The number of hydrogen-bond acceptors (Lipinski definition) is 1. The van der Waals surface area contributed by atoms with E-state index in [9.17, 15) is 4.39 Å². The van der Waals surface area contributed by atoms with Crippen LogP contribution in [0.15, 0.2) is 46.9 Å². The predicted octanol–water partition coefficient (Wildman–Crippen LogP) is 3.93. The smallest absolute Gasteiger partial charge is 0.123 e. The van der Waals surface area contributed by atoms with Crippen molar-refractivity contribution < 1.29 is 4.39 Å². The number of halogens is 2. The van der Waals surface area contributed by atoms with Crippen molar-refractivity contribution in [2.45, 2.75) is 24.8 Å². The molecule has 1 nitrogen and oxygen atoms in total. The molecule has 0 amide bonds. The van der Waals surface area contributed by atoms with E-state index in [2.05, 4.69) is 22.0 Å². The first-order valence-electron chi connectivity index (χ1n) is 6.40. The summed E-state index contributed by atoms with van der Waals surface area (Å²) >= 11 is 3.56. The number of hydrogen-bond donors (Lipinski definition) is 1. The molecule has 98 valence electrons. The summed E-state index contributed by atoms with van der Waals surface area (Å²) in [5, 5.41) is 0. The summed E-state index contributed by atoms with van der Waals surface area (Å²) in [4.78, 5) is 0. The summed E-state index contributed by atoms with van der Waals surface area (Å²) in [5.74, 6) is -0.177. The Morgan fingerprint density at radius 3 is 2.79 bits per heavy atom. The van der Waals surface area contributed by atoms with Crippen molar-refractivity contribution in [3.05, 3.63) is 69.4 Å². The van der Waals surface area contributed by atoms with E-state index in [1.165, 1.54) is 11.6 Å². The van der Waals surface area contributed by atoms with Crippen molar-refractivity contribution >= 4 is 15.9 Å². The van der Waals surface area contributed by atoms with Gasteiger partial charge in [-0.2, -0.15) is 0 Å². The lowest BCUT2D eigenvalue weighted by molar-refractivity contribution is 0.438. The Morgan fingerprint density at radius 1 is 1.21 bits per heavy atom. The second kappa shape index (κ2) is 4.73. The van der Waals surface area contributed by atoms with Crippen LogP contribution in [0, 0.1) is 5.82 Å². The zero-order chi connectivity index (χ0) is 13.5. The van der Waals surface area contributed by atoms with Gasteiger partial charge in [-0.25, -0.2) is 4.39 Å². The summed E-state index contributed by atoms with van der Waals surface area (Å²) in [6, 6.07) is 13.1. The van der Waals surface area contributed by atoms with Crippen LogP contribution in [-0.2, 0) is 18.4 Å². The highest BCUT2D eigenvalue weighted by Crippen LogP contribution is 2.38. The Kier molecular flexibility index (Phi) is 3.19. The molecule has 0 aromatic heterocycles. The van der Waals surface area contributed by atoms with Crippen LogP contribution in [0.3, 0.4) is 0 Å². The van der Waals surface area contributed by atoms with Gasteiger partial charge in [0.1, 0.15) is 5.82 Å². The van der Waals surface area contributed by atoms with Crippen LogP contribution < -0.4 is 5.73 Å². The highest BCUT2D eigenvalue weighted by atomic mass is 79.9. The Bertz CT molecular complexity index is 626. The molecule has 2 aromatic carbocycles. The molecule has 1 aliphatic rings. The number of benzene rings is 2. The molecular formula is C16H15BrFN. The summed E-state index contributed by atoms with van der Waals surface area (Å²) in [6.45, 7) is 0. The lowest BCUT2D eigenvalue weighted by Crippen LogP contribution is -2.36. The molecule has 2 aromatic rings. The number of rotatable bonds is 2. The molecule has 0 radical (unpaired) electrons. The second-order valence-corrected chi connectivity index (χ2v) is 6.08. The first kappa shape index (κ1) is 12.8. The van der Waals surface area contributed by atoms with Crippen molar-refractivity contribution in [1.29, 1.82) is 0 Å². The average molecular weight is 320 g/mol. The van der Waals surface area contributed by atoms with Gasteiger partial charge in [-0.05, 0) is 54.2 Å². The van der Waals surface area contributed by atoms with Crippen LogP contribution in [0.2, 0.25) is 0 Å². The molecule has 0 aliphatic heterocycles. The zero-order valence-corrected chi connectivity index (χ0v) is 12.1. The molecule has 0 bridgehead atoms. The molecule has 19 heavy (non-hydrogen) atoms. The minimum absolute atomic E-state index is 0.177. The number of nitrogens with two attached hydrogens (primary N) is 1. The standard InChI is InChI=1S/C16H15BrFN/c17-15-4-2-1-3-12(15)10-16(19)8-7-11-9-13(18)5-6-14(11)16/h1-6,9H,7-8,10,19H2. The molecular weight excluding hydrogens is 305 g/mol. The summed E-state index contributed by atoms with van der Waals surface area (Å²) in [6.07, 6.45) is 2.49. The maximum atomic E-state index is 13.3. The van der Waals surface area contributed by atoms with E-state index in [-0.39, 0.29) is 11.4 Å². The lowest BCUT2D eigenvalue weighted by atomic mass is 9.86. The third-order valence-electron chi connectivity index (χ3n) is 3.91. The van der Waals surface area contributed by atoms with Gasteiger partial charge >= 0.3 is 0 Å². The third-order valence-corrected chi connectivity index (χ3v) is 4.68. The molecule has 1 unspecified atom stereocenters. The highest BCUT2D eigenvalue weighted by Gasteiger charge is 2.35. The van der Waals surface area contributed by atoms with Crippen LogP contribution in [0.5, 0.6) is 0 Å². The topological polar surface area (TPSA) is 26.0 Å². The van der Waals surface area contributed by atoms with Crippen LogP contribution in [-0.4, -0.2) is 0 Å². The monoisotopic (exact) mass is 319 g/mol. The van der Waals surface area contributed by atoms with E-state index in [0.29, 0.717) is 0 Å². The number of aryl methyl sites for hydroxylation is 1. The minimum atomic E-state index is -0.382. The van der Waals surface area contributed by atoms with Gasteiger partial charge in [-0.3, -0.25) is 0 Å². The summed E-state index contributed by atoms with van der Waals surface area (Å²) < 4.78 is 14.3. The first-order valence-corrected chi connectivity index (χ1v) is 7.19. The van der Waals surface area contributed by atoms with E-state index in [1.807, 2.05) is 24.3 Å². The lowest BCUT2D eigenvalue weighted by Gasteiger charge is -2.26. The number of fused-ring (bicyclic) bond motifs is 1. The van der Waals surface area contributed by atoms with Crippen LogP contribution in [0.25, 0.3) is 0 Å². The van der Waals surface area contributed by atoms with Crippen LogP contribution >= 0.6 is 15.9 Å². The minimum Gasteiger partial charge on any atom is -0.321 e. The molecule has 0 saturated heterocycles. The van der Waals surface area contributed by atoms with Gasteiger partial charge in [0.15, 0.2) is 0 Å². The Labute approximate surface area is 120 Å². The maximum Gasteiger partial charge on any atom is 0.123 e. The van der Waals surface area contributed by atoms with E-state index in [1.54, 1.807) is 6.07 Å². The fraction of sp³-hybridized carbons (Fsp3) is 0.250. The average Bonchev–Trinajstić information content (AvgIpc) is 2.70. The largest absolute Gasteiger partial charge is 0.321 e. The van der Waals surface area contributed by atoms with Gasteiger partial charge in [0, 0.05) is 10.0 Å².